The topological polar surface area (TPSA) is 395 Å². The van der Waals surface area contributed by atoms with Gasteiger partial charge in [-0.2, -0.15) is 4.31 Å². The Bertz CT molecular complexity index is 3350. The Hall–Kier alpha value is -5.06. The molecule has 0 bridgehead atoms. The molecule has 22 atom stereocenters. The maximum Gasteiger partial charge on any atom is 0.245 e. The average Bonchev–Trinajstić information content (AvgIpc) is 0.995. The molecule has 116 heavy (non-hydrogen) atoms. The van der Waals surface area contributed by atoms with Crippen molar-refractivity contribution < 1.29 is 147 Å². The molecule has 668 valence electrons. The molecular formula is C77H121F12N7O19S. The third-order valence-electron chi connectivity index (χ3n) is 21.2. The lowest BCUT2D eigenvalue weighted by Gasteiger charge is -2.39. The summed E-state index contributed by atoms with van der Waals surface area (Å²) in [6, 6.07) is 24.4. The van der Waals surface area contributed by atoms with E-state index < -0.39 is 182 Å². The lowest BCUT2D eigenvalue weighted by Crippen LogP contribution is -2.56. The molecule has 10 rings (SSSR count). The minimum Gasteiger partial charge on any atom is -0.497 e. The van der Waals surface area contributed by atoms with Gasteiger partial charge < -0.3 is 96.5 Å². The van der Waals surface area contributed by atoms with Gasteiger partial charge >= 0.3 is 0 Å². The van der Waals surface area contributed by atoms with Crippen LogP contribution in [0.4, 0.5) is 52.7 Å². The molecule has 7 saturated heterocycles. The fourth-order valence-electron chi connectivity index (χ4n) is 14.2. The number of rotatable bonds is 22. The van der Waals surface area contributed by atoms with E-state index >= 15 is 0 Å². The molecule has 7 aliphatic heterocycles. The van der Waals surface area contributed by atoms with Crippen LogP contribution in [0.2, 0.25) is 0 Å². The smallest absolute Gasteiger partial charge is 0.245 e. The predicted octanol–water partition coefficient (Wildman–Crippen LogP) is 2.47. The summed E-state index contributed by atoms with van der Waals surface area (Å²) in [7, 11) is -2.06. The molecule has 0 spiro atoms. The Morgan fingerprint density at radius 3 is 1.31 bits per heavy atom. The molecule has 7 aliphatic rings. The monoisotopic (exact) mass is 1710 g/mol. The SMILES string of the molecule is C=CCN1C[C@@H](O)[C@H](O)[C@@H](C(F)F)C1.CCCCC(=O)N1C[C@@H](O)[C@H](O)[C@@H](C(F)F)C1.CCCCN1C[C@@H](O)[C@H](O)[C@@H](C(F)F)C1.COc1cccc(CN2C[C@@H](O)[C@H](O)[C@@H](C(F)F)C2)c1.CS(=O)(=O)N1C[C@@H](O)[C@H](O)[C@@H](C(F)F)C1.Cc1ccc(CN2C[C@@H](O)[C@H](O)[C@@H](C(F)F)C2)cc1.OC(c1ccccc1)[C@H]1CNC[C@@H](O)[C@@H]1O. The van der Waals surface area contributed by atoms with Crippen LogP contribution in [0.5, 0.6) is 5.75 Å². The summed E-state index contributed by atoms with van der Waals surface area (Å²) in [6.07, 6.45) is -27.7. The van der Waals surface area contributed by atoms with E-state index in [2.05, 4.69) is 11.9 Å². The molecule has 7 heterocycles. The highest BCUT2D eigenvalue weighted by Crippen LogP contribution is 2.33. The zero-order valence-electron chi connectivity index (χ0n) is 65.7. The Labute approximate surface area is 669 Å². The molecule has 39 heteroatoms. The molecule has 16 N–H and O–H groups in total. The van der Waals surface area contributed by atoms with E-state index in [1.54, 1.807) is 38.9 Å². The first-order chi connectivity index (χ1) is 54.5. The zero-order chi connectivity index (χ0) is 87.2. The minimum absolute atomic E-state index is 0.0626. The standard InChI is InChI=1S/C14H19F2NO3.C14H19F2NO2.C12H17NO3.C11H19F2NO3.C10H19F2NO2.C9H15F2NO2.C7H13F2NO4S/c1-20-10-4-2-3-9(5-10)6-17-7-11(14(15)16)13(19)12(18)8-17;1-9-2-4-10(5-3-9)6-17-7-11(14(15)16)13(19)12(18)8-17;14-10-7-13-6-9(12(10)16)11(15)8-4-2-1-3-5-8;1-2-3-4-9(16)14-5-7(11(12)13)10(17)8(15)6-14;1-2-3-4-13-5-7(10(11)12)9(15)8(14)6-13;1-2-3-12-4-6(9(10)11)8(14)7(13)5-12;1-15(13,14)10-2-4(7(8)9)6(12)5(11)3-10/h2-5,11-14,18-19H,6-8H2,1H3;2-5,11-14,18-19H,6-8H2,1H3;1-5,9-16H,6-7H2;7-8,10-11,15,17H,2-6H2,1H3;7-10,14-15H,2-6H2,1H3;2,6-9,13-14H,1,3-5H2;4-7,11-12H,2-3H2,1H3/t2*11-,12+,13+;9-,10-,11?,12-;7-,8+,10+;7-,8+,9+;6-,7+,8+;4-,5+,6+/m0010000/s1. The van der Waals surface area contributed by atoms with Gasteiger partial charge in [-0.25, -0.2) is 61.1 Å². The summed E-state index contributed by atoms with van der Waals surface area (Å²) < 4.78 is 179. The number of ether oxygens (including phenoxy) is 1. The van der Waals surface area contributed by atoms with Crippen molar-refractivity contribution in [3.05, 3.63) is 114 Å². The second-order valence-corrected chi connectivity index (χ2v) is 32.4. The van der Waals surface area contributed by atoms with E-state index in [0.717, 1.165) is 52.1 Å². The fourth-order valence-corrected chi connectivity index (χ4v) is 15.1. The summed E-state index contributed by atoms with van der Waals surface area (Å²) in [5, 5.41) is 146. The molecule has 0 aliphatic carbocycles. The Morgan fingerprint density at radius 1 is 0.474 bits per heavy atom. The molecule has 1 amide bonds. The lowest BCUT2D eigenvalue weighted by atomic mass is 9.86. The van der Waals surface area contributed by atoms with Gasteiger partial charge in [0.2, 0.25) is 54.5 Å². The third kappa shape index (κ3) is 33.1. The number of hydrogen-bond donors (Lipinski definition) is 16. The number of carbonyl (C=O) groups is 1. The quantitative estimate of drug-likeness (QED) is 0.0507. The second kappa shape index (κ2) is 51.0. The van der Waals surface area contributed by atoms with Crippen LogP contribution in [0.15, 0.2) is 91.5 Å². The number of β-amino-alcohol motifs (C(OH)–C–C–N with tert-alkyl or cyclic N) is 7. The number of unbranched alkanes of at least 4 members (excludes halogenated alkanes) is 2. The van der Waals surface area contributed by atoms with E-state index in [4.69, 9.17) is 4.74 Å². The summed E-state index contributed by atoms with van der Waals surface area (Å²) in [5.74, 6) is -7.49. The number of halogens is 12. The normalized spacial score (nSPS) is 31.4. The number of alkyl halides is 12. The molecule has 3 aromatic carbocycles. The van der Waals surface area contributed by atoms with Crippen LogP contribution in [0.25, 0.3) is 0 Å². The lowest BCUT2D eigenvalue weighted by molar-refractivity contribution is -0.150. The number of amides is 1. The number of piperidine rings is 7. The number of likely N-dealkylation sites (tertiary alicyclic amines) is 5. The number of benzene rings is 3. The zero-order valence-corrected chi connectivity index (χ0v) is 66.5. The summed E-state index contributed by atoms with van der Waals surface area (Å²) >= 11 is 0. The van der Waals surface area contributed by atoms with E-state index in [1.807, 2.05) is 93.6 Å². The molecule has 0 saturated carbocycles. The van der Waals surface area contributed by atoms with E-state index in [1.165, 1.54) is 4.90 Å². The highest BCUT2D eigenvalue weighted by Gasteiger charge is 2.46. The number of aliphatic hydroxyl groups is 15. The summed E-state index contributed by atoms with van der Waals surface area (Å²) in [4.78, 5) is 19.8. The number of carbonyl (C=O) groups excluding carboxylic acids is 1. The molecule has 1 unspecified atom stereocenters. The van der Waals surface area contributed by atoms with Crippen LogP contribution in [0, 0.1) is 48.3 Å². The molecule has 7 fully saturated rings. The molecule has 3 aromatic rings. The molecular weight excluding hydrogens is 1590 g/mol. The van der Waals surface area contributed by atoms with Crippen molar-refractivity contribution in [3.8, 4) is 5.75 Å². The van der Waals surface area contributed by atoms with Gasteiger partial charge in [-0.05, 0) is 55.1 Å². The number of hydrogen-bond acceptors (Lipinski definition) is 24. The van der Waals surface area contributed by atoms with Gasteiger partial charge in [-0.1, -0.05) is 105 Å². The van der Waals surface area contributed by atoms with Crippen LogP contribution in [-0.2, 0) is 27.9 Å². The first-order valence-corrected chi connectivity index (χ1v) is 40.4. The van der Waals surface area contributed by atoms with Crippen molar-refractivity contribution in [1.29, 1.82) is 0 Å². The van der Waals surface area contributed by atoms with Crippen LogP contribution >= 0.6 is 0 Å². The summed E-state index contributed by atoms with van der Waals surface area (Å²) in [5.41, 5.74) is 3.84. The number of nitrogens with zero attached hydrogens (tertiary/aromatic N) is 6. The number of aliphatic hydroxyl groups excluding tert-OH is 15. The van der Waals surface area contributed by atoms with Gasteiger partial charge in [0.1, 0.15) is 5.75 Å². The predicted molar refractivity (Wildman–Crippen MR) is 404 cm³/mol. The fraction of sp³-hybridized carbons (Fsp3) is 0.727. The Morgan fingerprint density at radius 2 is 0.871 bits per heavy atom. The van der Waals surface area contributed by atoms with Crippen molar-refractivity contribution in [2.24, 2.45) is 41.4 Å². The Balaban J connectivity index is 0.000000286. The van der Waals surface area contributed by atoms with Crippen molar-refractivity contribution in [2.75, 3.05) is 118 Å². The number of sulfonamides is 1. The van der Waals surface area contributed by atoms with E-state index in [-0.39, 0.29) is 77.3 Å². The van der Waals surface area contributed by atoms with Gasteiger partial charge in [0, 0.05) is 124 Å². The molecule has 26 nitrogen and oxygen atoms in total. The van der Waals surface area contributed by atoms with Crippen molar-refractivity contribution in [1.82, 2.24) is 34.1 Å². The van der Waals surface area contributed by atoms with Crippen LogP contribution in [0.1, 0.15) is 74.3 Å². The van der Waals surface area contributed by atoms with Gasteiger partial charge in [0.25, 0.3) is 0 Å². The minimum atomic E-state index is -3.62. The van der Waals surface area contributed by atoms with Gasteiger partial charge in [0.15, 0.2) is 0 Å². The van der Waals surface area contributed by atoms with Crippen molar-refractivity contribution in [3.63, 3.8) is 0 Å². The average molecular weight is 1710 g/mol. The van der Waals surface area contributed by atoms with Gasteiger partial charge in [0.05, 0.1) is 140 Å². The summed E-state index contributed by atoms with van der Waals surface area (Å²) in [6.45, 7) is 12.7. The highest BCUT2D eigenvalue weighted by molar-refractivity contribution is 7.88. The van der Waals surface area contributed by atoms with Crippen LogP contribution in [-0.4, -0.2) is 362 Å². The van der Waals surface area contributed by atoms with Crippen LogP contribution in [0.3, 0.4) is 0 Å². The Kier molecular flexibility index (Phi) is 45.4. The van der Waals surface area contributed by atoms with Gasteiger partial charge in [-0.3, -0.25) is 19.5 Å². The maximum absolute atomic E-state index is 12.9. The number of aryl methyl sites for hydroxylation is 1. The van der Waals surface area contributed by atoms with Crippen molar-refractivity contribution >= 4 is 15.9 Å². The largest absolute Gasteiger partial charge is 0.497 e. The van der Waals surface area contributed by atoms with E-state index in [0.29, 0.717) is 64.4 Å². The van der Waals surface area contributed by atoms with Crippen molar-refractivity contribution in [2.45, 2.75) is 196 Å². The first-order valence-electron chi connectivity index (χ1n) is 38.6. The number of nitrogens with one attached hydrogen (secondary N) is 1. The van der Waals surface area contributed by atoms with Crippen LogP contribution < -0.4 is 10.1 Å². The second-order valence-electron chi connectivity index (χ2n) is 30.4. The molecule has 0 radical (unpaired) electrons. The van der Waals surface area contributed by atoms with Gasteiger partial charge in [-0.15, -0.1) is 6.58 Å². The third-order valence-corrected chi connectivity index (χ3v) is 22.4. The first kappa shape index (κ1) is 103. The maximum atomic E-state index is 12.9. The van der Waals surface area contributed by atoms with E-state index in [9.17, 15) is 142 Å². The highest BCUT2D eigenvalue weighted by atomic mass is 32.2. The number of methoxy groups -OCH3 is 1. The molecule has 0 aromatic heterocycles.